The summed E-state index contributed by atoms with van der Waals surface area (Å²) in [6.07, 6.45) is -2.38. The molecule has 2 N–H and O–H groups in total. The first kappa shape index (κ1) is 20.5. The number of alkyl halides is 3. The minimum absolute atomic E-state index is 0.00498. The fourth-order valence-corrected chi connectivity index (χ4v) is 4.74. The van der Waals surface area contributed by atoms with E-state index in [2.05, 4.69) is 22.1 Å². The number of piperazine rings is 1. The van der Waals surface area contributed by atoms with Crippen molar-refractivity contribution in [2.45, 2.75) is 31.1 Å². The fourth-order valence-electron chi connectivity index (χ4n) is 3.05. The number of amides is 1. The van der Waals surface area contributed by atoms with Gasteiger partial charge in [-0.15, -0.1) is 0 Å². The number of anilines is 1. The van der Waals surface area contributed by atoms with Crippen LogP contribution in [0.15, 0.2) is 12.4 Å². The molecule has 12 heteroatoms. The Balaban J connectivity index is 1.90. The van der Waals surface area contributed by atoms with Crippen LogP contribution in [-0.4, -0.2) is 60.7 Å². The van der Waals surface area contributed by atoms with Crippen LogP contribution in [0.25, 0.3) is 0 Å². The van der Waals surface area contributed by atoms with Gasteiger partial charge in [-0.25, -0.2) is 12.8 Å². The highest BCUT2D eigenvalue weighted by atomic mass is 32.2. The summed E-state index contributed by atoms with van der Waals surface area (Å²) in [4.78, 5) is 14.6. The van der Waals surface area contributed by atoms with Crippen molar-refractivity contribution in [1.82, 2.24) is 14.6 Å². The highest BCUT2D eigenvalue weighted by Crippen LogP contribution is 2.23. The van der Waals surface area contributed by atoms with E-state index in [1.807, 2.05) is 0 Å². The van der Waals surface area contributed by atoms with Gasteiger partial charge in [-0.3, -0.25) is 9.78 Å². The second-order valence-electron chi connectivity index (χ2n) is 6.41. The van der Waals surface area contributed by atoms with Gasteiger partial charge in [-0.2, -0.15) is 17.5 Å². The first-order chi connectivity index (χ1) is 13.1. The molecule has 1 amide bonds. The lowest BCUT2D eigenvalue weighted by atomic mass is 10.1. The molecule has 1 aromatic heterocycles. The number of carbonyl (C=O) groups excluding carboxylic acids is 1. The maximum atomic E-state index is 14.1. The zero-order valence-electron chi connectivity index (χ0n) is 14.4. The number of halogens is 4. The molecule has 1 aromatic rings. The molecule has 7 nitrogen and oxygen atoms in total. The topological polar surface area (TPSA) is 91.4 Å². The fraction of sp³-hybridized carbons (Fsp3) is 0.500. The van der Waals surface area contributed by atoms with E-state index in [1.165, 1.54) is 9.62 Å². The van der Waals surface area contributed by atoms with E-state index >= 15 is 0 Å². The predicted octanol–water partition coefficient (Wildman–Crippen LogP) is 0.839. The average Bonchev–Trinajstić information content (AvgIpc) is 2.71. The lowest BCUT2D eigenvalue weighted by Crippen LogP contribution is -2.56. The van der Waals surface area contributed by atoms with Gasteiger partial charge < -0.3 is 10.6 Å². The van der Waals surface area contributed by atoms with Gasteiger partial charge in [0.25, 0.3) is 0 Å². The molecule has 0 spiro atoms. The molecule has 2 fully saturated rings. The van der Waals surface area contributed by atoms with Gasteiger partial charge in [0.15, 0.2) is 5.82 Å². The van der Waals surface area contributed by atoms with E-state index in [1.54, 1.807) is 0 Å². The van der Waals surface area contributed by atoms with Crippen LogP contribution in [-0.2, 0) is 14.8 Å². The largest absolute Gasteiger partial charge is 0.471 e. The predicted molar refractivity (Wildman–Crippen MR) is 91.1 cm³/mol. The van der Waals surface area contributed by atoms with E-state index in [9.17, 15) is 30.8 Å². The third-order valence-corrected chi connectivity index (χ3v) is 6.35. The molecule has 0 radical (unpaired) electrons. The van der Waals surface area contributed by atoms with Crippen molar-refractivity contribution in [1.29, 1.82) is 0 Å². The van der Waals surface area contributed by atoms with Crippen molar-refractivity contribution >= 4 is 21.6 Å². The molecular weight excluding hydrogens is 404 g/mol. The van der Waals surface area contributed by atoms with E-state index in [-0.39, 0.29) is 24.9 Å². The first-order valence-electron chi connectivity index (χ1n) is 8.34. The second-order valence-corrected chi connectivity index (χ2v) is 8.46. The number of aromatic nitrogens is 1. The van der Waals surface area contributed by atoms with Crippen molar-refractivity contribution in [2.75, 3.05) is 24.2 Å². The number of hydrogen-bond acceptors (Lipinski definition) is 5. The van der Waals surface area contributed by atoms with Crippen LogP contribution in [0, 0.1) is 17.7 Å². The monoisotopic (exact) mass is 420 g/mol. The van der Waals surface area contributed by atoms with Crippen LogP contribution in [0.3, 0.4) is 0 Å². The first-order valence-corrected chi connectivity index (χ1v) is 9.95. The molecule has 152 valence electrons. The van der Waals surface area contributed by atoms with Crippen molar-refractivity contribution < 1.29 is 30.8 Å². The van der Waals surface area contributed by atoms with Crippen LogP contribution in [0.5, 0.6) is 0 Å². The summed E-state index contributed by atoms with van der Waals surface area (Å²) in [7, 11) is -3.54. The summed E-state index contributed by atoms with van der Waals surface area (Å²) in [6, 6.07) is -0.812. The minimum Gasteiger partial charge on any atom is -0.316 e. The van der Waals surface area contributed by atoms with Gasteiger partial charge in [0.2, 0.25) is 10.0 Å². The third-order valence-electron chi connectivity index (χ3n) is 4.43. The number of nitrogens with one attached hydrogen (secondary N) is 2. The summed E-state index contributed by atoms with van der Waals surface area (Å²) >= 11 is 0. The van der Waals surface area contributed by atoms with Gasteiger partial charge in [0, 0.05) is 19.1 Å². The summed E-state index contributed by atoms with van der Waals surface area (Å²) < 4.78 is 77.5. The zero-order chi connectivity index (χ0) is 20.5. The lowest BCUT2D eigenvalue weighted by Gasteiger charge is -2.34. The summed E-state index contributed by atoms with van der Waals surface area (Å²) in [5.74, 6) is 1.63. The SMILES string of the molecule is O=C(Nc1cncc(F)c1C#C[C@H]1CN[C@@H]2CCCS(=O)(=O)N1C2)C(F)(F)F. The number of hydrogen-bond donors (Lipinski definition) is 2. The third kappa shape index (κ3) is 4.43. The lowest BCUT2D eigenvalue weighted by molar-refractivity contribution is -0.167. The molecule has 0 aliphatic carbocycles. The normalized spacial score (nSPS) is 26.5. The average molecular weight is 420 g/mol. The number of rotatable bonds is 1. The zero-order valence-corrected chi connectivity index (χ0v) is 15.2. The van der Waals surface area contributed by atoms with Crippen LogP contribution >= 0.6 is 0 Å². The molecule has 3 atom stereocenters. The maximum absolute atomic E-state index is 14.1. The van der Waals surface area contributed by atoms with E-state index in [0.717, 1.165) is 12.4 Å². The minimum atomic E-state index is -5.17. The molecule has 2 saturated heterocycles. The Morgan fingerprint density at radius 2 is 2.11 bits per heavy atom. The molecular formula is C16H16F4N4O3S. The van der Waals surface area contributed by atoms with E-state index < -0.39 is 45.2 Å². The van der Waals surface area contributed by atoms with Crippen LogP contribution in [0.2, 0.25) is 0 Å². The Morgan fingerprint density at radius 1 is 1.36 bits per heavy atom. The highest BCUT2D eigenvalue weighted by molar-refractivity contribution is 7.89. The van der Waals surface area contributed by atoms with Gasteiger partial charge in [0.05, 0.1) is 35.4 Å². The Morgan fingerprint density at radius 3 is 2.82 bits per heavy atom. The van der Waals surface area contributed by atoms with Crippen molar-refractivity contribution in [2.24, 2.45) is 0 Å². The summed E-state index contributed by atoms with van der Waals surface area (Å²) in [6.45, 7) is 0.423. The molecule has 2 bridgehead atoms. The Hall–Kier alpha value is -2.23. The van der Waals surface area contributed by atoms with E-state index in [4.69, 9.17) is 0 Å². The van der Waals surface area contributed by atoms with Crippen LogP contribution in [0.1, 0.15) is 18.4 Å². The van der Waals surface area contributed by atoms with Crippen LogP contribution in [0.4, 0.5) is 23.2 Å². The molecule has 3 heterocycles. The van der Waals surface area contributed by atoms with Crippen molar-refractivity contribution in [3.05, 3.63) is 23.8 Å². The highest BCUT2D eigenvalue weighted by Gasteiger charge is 2.39. The Bertz CT molecular complexity index is 939. The Kier molecular flexibility index (Phi) is 5.60. The summed E-state index contributed by atoms with van der Waals surface area (Å²) in [5, 5.41) is 4.70. The number of sulfonamides is 1. The van der Waals surface area contributed by atoms with Crippen molar-refractivity contribution in [3.63, 3.8) is 0 Å². The quantitative estimate of drug-likeness (QED) is 0.519. The number of fused-ring (bicyclic) bond motifs is 2. The smallest absolute Gasteiger partial charge is 0.316 e. The molecule has 28 heavy (non-hydrogen) atoms. The van der Waals surface area contributed by atoms with E-state index in [0.29, 0.717) is 12.8 Å². The van der Waals surface area contributed by atoms with Gasteiger partial charge in [0.1, 0.15) is 0 Å². The molecule has 2 aliphatic rings. The molecule has 0 saturated carbocycles. The maximum Gasteiger partial charge on any atom is 0.471 e. The van der Waals surface area contributed by atoms with Gasteiger partial charge in [-0.05, 0) is 12.8 Å². The van der Waals surface area contributed by atoms with Gasteiger partial charge in [-0.1, -0.05) is 11.8 Å². The second kappa shape index (κ2) is 7.65. The molecule has 1 unspecified atom stereocenters. The molecule has 3 rings (SSSR count). The number of carbonyl (C=O) groups is 1. The molecule has 0 aromatic carbocycles. The van der Waals surface area contributed by atoms with Crippen molar-refractivity contribution in [3.8, 4) is 11.8 Å². The number of nitrogens with zero attached hydrogens (tertiary/aromatic N) is 2. The Labute approximate surface area is 158 Å². The number of pyridine rings is 1. The standard InChI is InChI=1S/C16H16F4N4O3S/c17-13-7-21-8-14(23-15(25)16(18,19)20)12(13)4-3-11-6-22-10-2-1-5-28(26,27)24(11)9-10/h7-8,10-11,22H,1-2,5-6,9H2,(H,23,25)/t10-,11+/m1/s1. The van der Waals surface area contributed by atoms with Gasteiger partial charge >= 0.3 is 12.1 Å². The molecule has 2 aliphatic heterocycles. The summed E-state index contributed by atoms with van der Waals surface area (Å²) in [5.41, 5.74) is -1.04. The van der Waals surface area contributed by atoms with Crippen LogP contribution < -0.4 is 10.6 Å².